The molecule has 0 aliphatic heterocycles. The average molecular weight is 285 g/mol. The summed E-state index contributed by atoms with van der Waals surface area (Å²) < 4.78 is 5.80. The van der Waals surface area contributed by atoms with Crippen molar-refractivity contribution in [3.8, 4) is 11.3 Å². The highest BCUT2D eigenvalue weighted by Gasteiger charge is 2.11. The van der Waals surface area contributed by atoms with Gasteiger partial charge in [-0.1, -0.05) is 24.3 Å². The number of nitrogens with zero attached hydrogens (tertiary/aromatic N) is 1. The number of carboxylic acids is 1. The zero-order valence-corrected chi connectivity index (χ0v) is 12.5. The molecule has 0 saturated heterocycles. The van der Waals surface area contributed by atoms with Crippen LogP contribution in [0.15, 0.2) is 46.9 Å². The lowest BCUT2D eigenvalue weighted by Gasteiger charge is -2.12. The molecule has 0 fully saturated rings. The van der Waals surface area contributed by atoms with E-state index in [0.717, 1.165) is 23.9 Å². The highest BCUT2D eigenvalue weighted by molar-refractivity contribution is 5.88. The van der Waals surface area contributed by atoms with E-state index in [1.807, 2.05) is 38.4 Å². The van der Waals surface area contributed by atoms with Crippen molar-refractivity contribution < 1.29 is 14.3 Å². The van der Waals surface area contributed by atoms with Crippen molar-refractivity contribution in [2.45, 2.75) is 13.5 Å². The molecule has 0 aliphatic carbocycles. The van der Waals surface area contributed by atoms with Crippen molar-refractivity contribution in [3.63, 3.8) is 0 Å². The average Bonchev–Trinajstić information content (AvgIpc) is 2.87. The first kappa shape index (κ1) is 15.1. The van der Waals surface area contributed by atoms with Gasteiger partial charge in [0.15, 0.2) is 0 Å². The molecule has 0 saturated carbocycles. The first-order valence-corrected chi connectivity index (χ1v) is 6.72. The van der Waals surface area contributed by atoms with Gasteiger partial charge in [-0.3, -0.25) is 0 Å². The van der Waals surface area contributed by atoms with Crippen LogP contribution >= 0.6 is 0 Å². The van der Waals surface area contributed by atoms with Gasteiger partial charge >= 0.3 is 5.97 Å². The van der Waals surface area contributed by atoms with Gasteiger partial charge in [-0.2, -0.15) is 0 Å². The monoisotopic (exact) mass is 285 g/mol. The molecule has 0 radical (unpaired) electrons. The highest BCUT2D eigenvalue weighted by atomic mass is 16.4. The van der Waals surface area contributed by atoms with Crippen LogP contribution in [0, 0.1) is 0 Å². The number of furan rings is 1. The predicted molar refractivity (Wildman–Crippen MR) is 82.8 cm³/mol. The molecular formula is C17H19NO3. The Hall–Kier alpha value is -2.33. The molecule has 1 N–H and O–H groups in total. The topological polar surface area (TPSA) is 53.7 Å². The van der Waals surface area contributed by atoms with Gasteiger partial charge in [0, 0.05) is 18.2 Å². The second kappa shape index (κ2) is 6.41. The molecule has 0 bridgehead atoms. The van der Waals surface area contributed by atoms with Crippen molar-refractivity contribution >= 4 is 11.5 Å². The number of carbonyl (C=O) groups is 1. The fourth-order valence-corrected chi connectivity index (χ4v) is 2.19. The van der Waals surface area contributed by atoms with Crippen LogP contribution in [-0.2, 0) is 11.3 Å². The maximum atomic E-state index is 10.7. The molecule has 110 valence electrons. The van der Waals surface area contributed by atoms with Crippen LogP contribution in [0.4, 0.5) is 0 Å². The zero-order valence-electron chi connectivity index (χ0n) is 12.5. The largest absolute Gasteiger partial charge is 0.478 e. The fourth-order valence-electron chi connectivity index (χ4n) is 2.19. The number of rotatable bonds is 5. The first-order chi connectivity index (χ1) is 9.97. The second-order valence-electron chi connectivity index (χ2n) is 5.22. The molecule has 4 heteroatoms. The van der Waals surface area contributed by atoms with Crippen LogP contribution in [0.2, 0.25) is 0 Å². The Morgan fingerprint density at radius 3 is 2.62 bits per heavy atom. The zero-order chi connectivity index (χ0) is 15.4. The number of hydrogen-bond acceptors (Lipinski definition) is 3. The normalized spacial score (nSPS) is 11.9. The molecule has 0 amide bonds. The third-order valence-electron chi connectivity index (χ3n) is 3.10. The summed E-state index contributed by atoms with van der Waals surface area (Å²) in [4.78, 5) is 12.8. The lowest BCUT2D eigenvalue weighted by Crippen LogP contribution is -2.11. The fraction of sp³-hybridized carbons (Fsp3) is 0.235. The summed E-state index contributed by atoms with van der Waals surface area (Å²) in [6, 6.07) is 11.7. The van der Waals surface area contributed by atoms with Gasteiger partial charge in [0.05, 0.1) is 0 Å². The van der Waals surface area contributed by atoms with Crippen LogP contribution in [0.3, 0.4) is 0 Å². The minimum atomic E-state index is -0.974. The summed E-state index contributed by atoms with van der Waals surface area (Å²) >= 11 is 0. The van der Waals surface area contributed by atoms with E-state index >= 15 is 0 Å². The maximum absolute atomic E-state index is 10.7. The molecule has 2 aromatic rings. The van der Waals surface area contributed by atoms with E-state index in [0.29, 0.717) is 11.3 Å². The Morgan fingerprint density at radius 2 is 1.95 bits per heavy atom. The standard InChI is InChI=1S/C17H19NO3/c1-12(10-17(19)20)15-8-9-16(21-15)14-7-5-4-6-13(14)11-18(2)3/h4-10H,11H2,1-3H3,(H,19,20)/b12-10+. The molecule has 1 heterocycles. The van der Waals surface area contributed by atoms with Crippen molar-refractivity contribution in [1.82, 2.24) is 4.90 Å². The molecule has 0 aliphatic rings. The quantitative estimate of drug-likeness (QED) is 0.854. The lowest BCUT2D eigenvalue weighted by atomic mass is 10.1. The van der Waals surface area contributed by atoms with Crippen LogP contribution in [-0.4, -0.2) is 30.1 Å². The number of aliphatic carboxylic acids is 1. The Kier molecular flexibility index (Phi) is 4.60. The number of allylic oxidation sites excluding steroid dienone is 1. The van der Waals surface area contributed by atoms with E-state index in [1.165, 1.54) is 5.56 Å². The predicted octanol–water partition coefficient (Wildman–Crippen LogP) is 3.50. The SMILES string of the molecule is C/C(=C\C(=O)O)c1ccc(-c2ccccc2CN(C)C)o1. The number of hydrogen-bond donors (Lipinski definition) is 1. The van der Waals surface area contributed by atoms with Gasteiger partial charge < -0.3 is 14.4 Å². The minimum absolute atomic E-state index is 0.576. The van der Waals surface area contributed by atoms with Gasteiger partial charge in [-0.25, -0.2) is 4.79 Å². The molecule has 0 atom stereocenters. The number of carboxylic acid groups (broad SMARTS) is 1. The third-order valence-corrected chi connectivity index (χ3v) is 3.10. The van der Waals surface area contributed by atoms with Gasteiger partial charge in [-0.05, 0) is 44.3 Å². The summed E-state index contributed by atoms with van der Waals surface area (Å²) in [6.07, 6.45) is 1.15. The molecule has 1 aromatic carbocycles. The van der Waals surface area contributed by atoms with Crippen LogP contribution in [0.25, 0.3) is 16.9 Å². The first-order valence-electron chi connectivity index (χ1n) is 6.72. The molecule has 0 unspecified atom stereocenters. The maximum Gasteiger partial charge on any atom is 0.328 e. The molecule has 2 rings (SSSR count). The van der Waals surface area contributed by atoms with E-state index in [1.54, 1.807) is 13.0 Å². The second-order valence-corrected chi connectivity index (χ2v) is 5.22. The molecular weight excluding hydrogens is 266 g/mol. The van der Waals surface area contributed by atoms with Crippen molar-refractivity contribution in [1.29, 1.82) is 0 Å². The van der Waals surface area contributed by atoms with Gasteiger partial charge in [0.25, 0.3) is 0 Å². The van der Waals surface area contributed by atoms with Crippen LogP contribution < -0.4 is 0 Å². The summed E-state index contributed by atoms with van der Waals surface area (Å²) in [7, 11) is 4.04. The molecule has 0 spiro atoms. The van der Waals surface area contributed by atoms with E-state index < -0.39 is 5.97 Å². The van der Waals surface area contributed by atoms with Gasteiger partial charge in [0.2, 0.25) is 0 Å². The Labute approximate surface area is 124 Å². The summed E-state index contributed by atoms with van der Waals surface area (Å²) in [5.74, 6) is 0.353. The summed E-state index contributed by atoms with van der Waals surface area (Å²) in [5, 5.41) is 8.79. The van der Waals surface area contributed by atoms with Crippen molar-refractivity contribution in [2.24, 2.45) is 0 Å². The van der Waals surface area contributed by atoms with E-state index in [4.69, 9.17) is 9.52 Å². The summed E-state index contributed by atoms with van der Waals surface area (Å²) in [5.41, 5.74) is 2.79. The van der Waals surface area contributed by atoms with Crippen LogP contribution in [0.5, 0.6) is 0 Å². The van der Waals surface area contributed by atoms with E-state index in [9.17, 15) is 4.79 Å². The van der Waals surface area contributed by atoms with Crippen molar-refractivity contribution in [2.75, 3.05) is 14.1 Å². The number of benzene rings is 1. The van der Waals surface area contributed by atoms with Crippen LogP contribution in [0.1, 0.15) is 18.2 Å². The molecule has 21 heavy (non-hydrogen) atoms. The Morgan fingerprint density at radius 1 is 1.24 bits per heavy atom. The summed E-state index contributed by atoms with van der Waals surface area (Å²) in [6.45, 7) is 2.54. The molecule has 1 aromatic heterocycles. The Bertz CT molecular complexity index is 668. The Balaban J connectivity index is 2.36. The van der Waals surface area contributed by atoms with Crippen molar-refractivity contribution in [3.05, 3.63) is 53.8 Å². The van der Waals surface area contributed by atoms with E-state index in [2.05, 4.69) is 11.0 Å². The minimum Gasteiger partial charge on any atom is -0.478 e. The molecule has 4 nitrogen and oxygen atoms in total. The van der Waals surface area contributed by atoms with Gasteiger partial charge in [-0.15, -0.1) is 0 Å². The van der Waals surface area contributed by atoms with E-state index in [-0.39, 0.29) is 0 Å². The van der Waals surface area contributed by atoms with Gasteiger partial charge in [0.1, 0.15) is 11.5 Å². The highest BCUT2D eigenvalue weighted by Crippen LogP contribution is 2.28. The lowest BCUT2D eigenvalue weighted by molar-refractivity contribution is -0.131. The smallest absolute Gasteiger partial charge is 0.328 e. The third kappa shape index (κ3) is 3.83.